The van der Waals surface area contributed by atoms with E-state index in [1.165, 1.54) is 40.5 Å². The summed E-state index contributed by atoms with van der Waals surface area (Å²) in [5.41, 5.74) is 8.58. The van der Waals surface area contributed by atoms with Crippen molar-refractivity contribution in [2.24, 2.45) is 5.92 Å². The number of piperazine rings is 2. The number of benzene rings is 4. The molecule has 4 aromatic carbocycles. The standard InChI is InChI=1S/C27H32N4O2.C21H26N2O4.C11H20N2O4/c1-18-20(13-15-26(28)29-18)12-14-25(32)19(2)30-27(33)22-9-6-16-31(17-22)24-11-5-8-21-7-3-4-10-23(21)24;1-21(2,3)27-20(25)23-13-12-22(14-18(23)19(24)26-4)17-11-7-9-15-8-5-6-10-16(15)17;1-11(2,3)17-10(15)13-6-5-12-7-8(13)9(14)16-4/h3-5,7-8,10-11,13,15,19,22H,6,9,12,14,16-17H2,1-2H3,(H2,28,29)(H,30,33);5-11,18H,12-14H2,1-4H3;8,12H,5-7H2,1-4H3/t19-,22+;18-;8-/m011/s1. The SMILES string of the molecule is COC(=O)[C@H]1CN(c2cccc3ccccc23)CCN1C(=O)OC(C)(C)C.COC(=O)[C@H]1CNCCN1C(=O)OC(C)(C)C.Cc1nc(N)ccc1CCC(=O)[C@H](C)NC(=O)[C@@H]1CCCN(c2cccc3ccccc23)C1. The number of hydrogen-bond donors (Lipinski definition) is 3. The lowest BCUT2D eigenvalue weighted by molar-refractivity contribution is -0.147. The normalized spacial score (nSPS) is 18.1. The monoisotopic (exact) mass is 1060 g/mol. The molecule has 0 radical (unpaired) electrons. The Labute approximate surface area is 452 Å². The number of ether oxygens (including phenoxy) is 4. The summed E-state index contributed by atoms with van der Waals surface area (Å²) in [5, 5.41) is 10.7. The third-order valence-electron chi connectivity index (χ3n) is 13.5. The number of nitrogens with zero attached hydrogens (tertiary/aromatic N) is 5. The molecule has 3 amide bonds. The molecule has 5 aromatic rings. The topological polar surface area (TPSA) is 215 Å². The Morgan fingerprint density at radius 3 is 1.78 bits per heavy atom. The smallest absolute Gasteiger partial charge is 0.411 e. The minimum absolute atomic E-state index is 0.0290. The predicted octanol–water partition coefficient (Wildman–Crippen LogP) is 7.86. The van der Waals surface area contributed by atoms with Gasteiger partial charge in [-0.15, -0.1) is 0 Å². The summed E-state index contributed by atoms with van der Waals surface area (Å²) in [6.07, 6.45) is 1.78. The van der Waals surface area contributed by atoms with Gasteiger partial charge in [-0.3, -0.25) is 19.4 Å². The van der Waals surface area contributed by atoms with Crippen LogP contribution >= 0.6 is 0 Å². The zero-order chi connectivity index (χ0) is 56.0. The van der Waals surface area contributed by atoms with Crippen molar-refractivity contribution in [3.05, 3.63) is 108 Å². The number of pyridine rings is 1. The van der Waals surface area contributed by atoms with Gasteiger partial charge in [0.05, 0.1) is 26.2 Å². The molecule has 3 aliphatic rings. The predicted molar refractivity (Wildman–Crippen MR) is 300 cm³/mol. The van der Waals surface area contributed by atoms with Crippen molar-refractivity contribution in [3.63, 3.8) is 0 Å². The van der Waals surface area contributed by atoms with Crippen LogP contribution in [0.15, 0.2) is 97.1 Å². The van der Waals surface area contributed by atoms with Crippen LogP contribution in [0.3, 0.4) is 0 Å². The lowest BCUT2D eigenvalue weighted by atomic mass is 9.95. The van der Waals surface area contributed by atoms with Crippen molar-refractivity contribution >= 4 is 74.6 Å². The number of nitrogens with two attached hydrogens (primary N) is 1. The number of carbonyl (C=O) groups is 6. The maximum absolute atomic E-state index is 13.0. The summed E-state index contributed by atoms with van der Waals surface area (Å²) in [7, 11) is 2.65. The number of anilines is 3. The Hall–Kier alpha value is -7.47. The summed E-state index contributed by atoms with van der Waals surface area (Å²) in [4.78, 5) is 85.7. The molecule has 3 aliphatic heterocycles. The first-order valence-corrected chi connectivity index (χ1v) is 26.4. The number of fused-ring (bicyclic) bond motifs is 2. The number of nitrogen functional groups attached to an aromatic ring is 1. The van der Waals surface area contributed by atoms with E-state index in [0.717, 1.165) is 47.1 Å². The summed E-state index contributed by atoms with van der Waals surface area (Å²) >= 11 is 0. The Morgan fingerprint density at radius 2 is 1.22 bits per heavy atom. The highest BCUT2D eigenvalue weighted by atomic mass is 16.6. The lowest BCUT2D eigenvalue weighted by Gasteiger charge is -2.41. The van der Waals surface area contributed by atoms with E-state index < -0.39 is 53.5 Å². The molecule has 18 heteroatoms. The van der Waals surface area contributed by atoms with E-state index in [1.54, 1.807) is 33.8 Å². The van der Waals surface area contributed by atoms with Crippen LogP contribution in [-0.2, 0) is 44.5 Å². The van der Waals surface area contributed by atoms with E-state index in [-0.39, 0.29) is 17.6 Å². The molecule has 1 aromatic heterocycles. The van der Waals surface area contributed by atoms with Gasteiger partial charge in [0.1, 0.15) is 23.1 Å². The van der Waals surface area contributed by atoms with Gasteiger partial charge in [0, 0.05) is 86.6 Å². The van der Waals surface area contributed by atoms with E-state index >= 15 is 0 Å². The number of rotatable bonds is 10. The van der Waals surface area contributed by atoms with Crippen molar-refractivity contribution in [2.45, 2.75) is 110 Å². The molecule has 4 atom stereocenters. The minimum Gasteiger partial charge on any atom is -0.467 e. The van der Waals surface area contributed by atoms with Crippen LogP contribution in [-0.4, -0.2) is 147 Å². The van der Waals surface area contributed by atoms with Gasteiger partial charge in [-0.1, -0.05) is 78.9 Å². The lowest BCUT2D eigenvalue weighted by Crippen LogP contribution is -2.59. The highest BCUT2D eigenvalue weighted by Gasteiger charge is 2.39. The minimum atomic E-state index is -0.711. The second-order valence-corrected chi connectivity index (χ2v) is 21.5. The van der Waals surface area contributed by atoms with E-state index in [9.17, 15) is 28.8 Å². The van der Waals surface area contributed by atoms with Gasteiger partial charge in [-0.25, -0.2) is 24.2 Å². The van der Waals surface area contributed by atoms with Crippen molar-refractivity contribution in [1.82, 2.24) is 25.4 Å². The number of esters is 2. The molecule has 0 unspecified atom stereocenters. The summed E-state index contributed by atoms with van der Waals surface area (Å²) in [5.74, 6) is -0.522. The number of carbonyl (C=O) groups excluding carboxylic acids is 6. The average Bonchev–Trinajstić information content (AvgIpc) is 3.41. The first-order chi connectivity index (χ1) is 36.6. The second kappa shape index (κ2) is 26.5. The molecule has 4 heterocycles. The van der Waals surface area contributed by atoms with Crippen LogP contribution in [0.25, 0.3) is 21.5 Å². The Kier molecular flexibility index (Phi) is 20.3. The number of piperidine rings is 1. The van der Waals surface area contributed by atoms with Gasteiger partial charge in [0.15, 0.2) is 11.8 Å². The van der Waals surface area contributed by atoms with Gasteiger partial charge >= 0.3 is 24.1 Å². The number of Topliss-reactive ketones (excluding diaryl/α,β-unsaturated/α-hetero) is 1. The molecular formula is C59H78N8O10. The molecule has 414 valence electrons. The fourth-order valence-electron chi connectivity index (χ4n) is 9.61. The molecule has 77 heavy (non-hydrogen) atoms. The average molecular weight is 1060 g/mol. The Balaban J connectivity index is 0.000000197. The largest absolute Gasteiger partial charge is 0.467 e. The van der Waals surface area contributed by atoms with Gasteiger partial charge < -0.3 is 45.1 Å². The first kappa shape index (κ1) is 58.8. The maximum atomic E-state index is 13.0. The summed E-state index contributed by atoms with van der Waals surface area (Å²) in [6, 6.07) is 30.7. The number of aryl methyl sites for hydroxylation is 2. The zero-order valence-electron chi connectivity index (χ0n) is 46.4. The van der Waals surface area contributed by atoms with Crippen LogP contribution in [0.1, 0.15) is 79.0 Å². The molecule has 3 saturated heterocycles. The number of ketones is 1. The molecule has 0 bridgehead atoms. The summed E-state index contributed by atoms with van der Waals surface area (Å²) in [6.45, 7) is 18.9. The second-order valence-electron chi connectivity index (χ2n) is 21.5. The first-order valence-electron chi connectivity index (χ1n) is 26.4. The van der Waals surface area contributed by atoms with E-state index in [1.807, 2.05) is 64.1 Å². The number of hydrogen-bond acceptors (Lipinski definition) is 15. The molecule has 0 aliphatic carbocycles. The van der Waals surface area contributed by atoms with E-state index in [2.05, 4.69) is 84.8 Å². The quantitative estimate of drug-likeness (QED) is 0.0897. The van der Waals surface area contributed by atoms with Crippen LogP contribution in [0.4, 0.5) is 26.8 Å². The third kappa shape index (κ3) is 16.3. The van der Waals surface area contributed by atoms with E-state index in [0.29, 0.717) is 64.5 Å². The Bertz CT molecular complexity index is 2850. The molecule has 18 nitrogen and oxygen atoms in total. The van der Waals surface area contributed by atoms with Crippen molar-refractivity contribution < 1.29 is 47.7 Å². The Morgan fingerprint density at radius 1 is 0.688 bits per heavy atom. The van der Waals surface area contributed by atoms with Gasteiger partial charge in [0.25, 0.3) is 0 Å². The molecule has 0 spiro atoms. The fraction of sp³-hybridized carbons (Fsp3) is 0.475. The third-order valence-corrected chi connectivity index (χ3v) is 13.5. The fourth-order valence-corrected chi connectivity index (χ4v) is 9.61. The van der Waals surface area contributed by atoms with Crippen molar-refractivity contribution in [3.8, 4) is 0 Å². The highest BCUT2D eigenvalue weighted by molar-refractivity contribution is 5.96. The van der Waals surface area contributed by atoms with Gasteiger partial charge in [-0.2, -0.15) is 0 Å². The molecule has 3 fully saturated rings. The molecule has 0 saturated carbocycles. The molecular weight excluding hydrogens is 981 g/mol. The van der Waals surface area contributed by atoms with Crippen LogP contribution < -0.4 is 26.2 Å². The zero-order valence-corrected chi connectivity index (χ0v) is 46.4. The number of aromatic nitrogens is 1. The van der Waals surface area contributed by atoms with Gasteiger partial charge in [0.2, 0.25) is 5.91 Å². The maximum Gasteiger partial charge on any atom is 0.411 e. The van der Waals surface area contributed by atoms with Crippen molar-refractivity contribution in [1.29, 1.82) is 0 Å². The molecule has 4 N–H and O–H groups in total. The summed E-state index contributed by atoms with van der Waals surface area (Å²) < 4.78 is 20.4. The van der Waals surface area contributed by atoms with E-state index in [4.69, 9.17) is 19.9 Å². The van der Waals surface area contributed by atoms with Gasteiger partial charge in [-0.05, 0) is 109 Å². The van der Waals surface area contributed by atoms with Crippen LogP contribution in [0, 0.1) is 12.8 Å². The molecule has 8 rings (SSSR count). The number of nitrogens with one attached hydrogen (secondary N) is 2. The highest BCUT2D eigenvalue weighted by Crippen LogP contribution is 2.32. The van der Waals surface area contributed by atoms with Crippen LogP contribution in [0.5, 0.6) is 0 Å². The number of amides is 3. The van der Waals surface area contributed by atoms with Crippen LogP contribution in [0.2, 0.25) is 0 Å². The number of methoxy groups -OCH3 is 2. The van der Waals surface area contributed by atoms with Crippen molar-refractivity contribution in [2.75, 3.05) is 82.1 Å².